The van der Waals surface area contributed by atoms with Crippen LogP contribution in [0.1, 0.15) is 18.2 Å². The number of hydrogen-bond acceptors (Lipinski definition) is 1. The van der Waals surface area contributed by atoms with Crippen LogP contribution in [0.25, 0.3) is 48.3 Å². The molecule has 5 aromatic rings. The summed E-state index contributed by atoms with van der Waals surface area (Å²) in [5.41, 5.74) is 6.86. The van der Waals surface area contributed by atoms with Crippen molar-refractivity contribution in [3.05, 3.63) is 78.0 Å². The van der Waals surface area contributed by atoms with E-state index in [2.05, 4.69) is 91.4 Å². The normalized spacial score (nSPS) is 16.3. The molecule has 1 nitrogen and oxygen atoms in total. The van der Waals surface area contributed by atoms with Gasteiger partial charge in [-0.05, 0) is 53.3 Å². The number of allylic oxidation sites excluding steroid dienone is 1. The summed E-state index contributed by atoms with van der Waals surface area (Å²) in [7, 11) is 2.19. The van der Waals surface area contributed by atoms with Crippen molar-refractivity contribution >= 4 is 48.5 Å². The summed E-state index contributed by atoms with van der Waals surface area (Å²) in [6, 6.07) is 22.5. The number of fused-ring (bicyclic) bond motifs is 6. The predicted octanol–water partition coefficient (Wildman–Crippen LogP) is 7.42. The van der Waals surface area contributed by atoms with E-state index in [1.807, 2.05) is 11.3 Å². The largest absolute Gasteiger partial charge is 0.344 e. The third-order valence-corrected chi connectivity index (χ3v) is 7.40. The van der Waals surface area contributed by atoms with Gasteiger partial charge >= 0.3 is 0 Å². The van der Waals surface area contributed by atoms with Crippen LogP contribution in [0, 0.1) is 5.92 Å². The third kappa shape index (κ3) is 2.18. The molecule has 0 saturated heterocycles. The fourth-order valence-electron chi connectivity index (χ4n) is 4.75. The van der Waals surface area contributed by atoms with E-state index < -0.39 is 0 Å². The van der Waals surface area contributed by atoms with Crippen LogP contribution < -0.4 is 0 Å². The number of aromatic nitrogens is 1. The molecule has 0 fully saturated rings. The summed E-state index contributed by atoms with van der Waals surface area (Å²) < 4.78 is 5.10. The lowest BCUT2D eigenvalue weighted by atomic mass is 9.92. The first-order valence-corrected chi connectivity index (χ1v) is 10.7. The van der Waals surface area contributed by atoms with Crippen LogP contribution in [0.4, 0.5) is 0 Å². The molecule has 2 aromatic heterocycles. The highest BCUT2D eigenvalue weighted by atomic mass is 32.1. The van der Waals surface area contributed by atoms with Crippen molar-refractivity contribution < 1.29 is 0 Å². The first kappa shape index (κ1) is 16.1. The quantitative estimate of drug-likeness (QED) is 0.285. The number of thiophene rings is 1. The molecule has 136 valence electrons. The van der Waals surface area contributed by atoms with Gasteiger partial charge in [0.1, 0.15) is 0 Å². The lowest BCUT2D eigenvalue weighted by Crippen LogP contribution is -2.03. The van der Waals surface area contributed by atoms with Gasteiger partial charge in [0.05, 0.1) is 0 Å². The summed E-state index contributed by atoms with van der Waals surface area (Å²) in [5.74, 6) is 0.604. The number of benzene rings is 3. The monoisotopic (exact) mass is 379 g/mol. The molecule has 0 aliphatic heterocycles. The topological polar surface area (TPSA) is 4.93 Å². The molecule has 1 aliphatic rings. The second-order valence-electron chi connectivity index (χ2n) is 7.98. The fraction of sp³-hybridized carbons (Fsp3) is 0.154. The minimum Gasteiger partial charge on any atom is -0.344 e. The molecular formula is C26H21NS. The van der Waals surface area contributed by atoms with Crippen LogP contribution in [0.2, 0.25) is 0 Å². The van der Waals surface area contributed by atoms with Crippen molar-refractivity contribution in [3.8, 4) is 11.1 Å². The Hall–Kier alpha value is -2.84. The number of aryl methyl sites for hydroxylation is 1. The maximum atomic E-state index is 2.42. The fourth-order valence-corrected chi connectivity index (χ4v) is 5.99. The first-order chi connectivity index (χ1) is 13.7. The minimum absolute atomic E-state index is 0.604. The predicted molar refractivity (Wildman–Crippen MR) is 123 cm³/mol. The Morgan fingerprint density at radius 1 is 0.929 bits per heavy atom. The van der Waals surface area contributed by atoms with Crippen LogP contribution in [-0.2, 0) is 13.5 Å². The Morgan fingerprint density at radius 3 is 2.71 bits per heavy atom. The van der Waals surface area contributed by atoms with Gasteiger partial charge in [0.15, 0.2) is 0 Å². The smallest absolute Gasteiger partial charge is 0.0485 e. The van der Waals surface area contributed by atoms with Gasteiger partial charge in [-0.3, -0.25) is 0 Å². The summed E-state index contributed by atoms with van der Waals surface area (Å²) in [4.78, 5) is 0. The van der Waals surface area contributed by atoms with Gasteiger partial charge in [-0.15, -0.1) is 11.3 Å². The molecule has 0 radical (unpaired) electrons. The molecule has 0 amide bonds. The molecule has 0 spiro atoms. The molecule has 1 unspecified atom stereocenters. The molecule has 0 bridgehead atoms. The Labute approximate surface area is 168 Å². The van der Waals surface area contributed by atoms with Crippen molar-refractivity contribution in [2.24, 2.45) is 13.0 Å². The standard InChI is InChI=1S/C26H21NS/c1-16-10-12-23-21(14-16)22-15-17(11-13-24(22)27(23)2)18-7-5-8-20-19-6-3-4-9-25(19)28-26(18)20/h3-13,15-16H,14H2,1-2H3. The Kier molecular flexibility index (Phi) is 3.36. The van der Waals surface area contributed by atoms with Gasteiger partial charge in [-0.2, -0.15) is 0 Å². The van der Waals surface area contributed by atoms with Crippen molar-refractivity contribution in [3.63, 3.8) is 0 Å². The lowest BCUT2D eigenvalue weighted by Gasteiger charge is -2.13. The maximum Gasteiger partial charge on any atom is 0.0485 e. The van der Waals surface area contributed by atoms with Gasteiger partial charge in [0.25, 0.3) is 0 Å². The average molecular weight is 380 g/mol. The number of hydrogen-bond donors (Lipinski definition) is 0. The summed E-state index contributed by atoms with van der Waals surface area (Å²) in [5, 5.41) is 4.13. The number of nitrogens with zero attached hydrogens (tertiary/aromatic N) is 1. The second-order valence-corrected chi connectivity index (χ2v) is 9.03. The summed E-state index contributed by atoms with van der Waals surface area (Å²) in [6.45, 7) is 2.31. The Bertz CT molecular complexity index is 1410. The highest BCUT2D eigenvalue weighted by Gasteiger charge is 2.19. The Balaban J connectivity index is 1.63. The third-order valence-electron chi connectivity index (χ3n) is 6.18. The van der Waals surface area contributed by atoms with Crippen LogP contribution >= 0.6 is 11.3 Å². The molecule has 0 saturated carbocycles. The van der Waals surface area contributed by atoms with E-state index in [1.54, 1.807) is 0 Å². The molecular weight excluding hydrogens is 358 g/mol. The summed E-state index contributed by atoms with van der Waals surface area (Å²) in [6.07, 6.45) is 5.76. The maximum absolute atomic E-state index is 2.42. The van der Waals surface area contributed by atoms with Crippen molar-refractivity contribution in [1.29, 1.82) is 0 Å². The molecule has 1 atom stereocenters. The van der Waals surface area contributed by atoms with Crippen LogP contribution in [-0.4, -0.2) is 4.57 Å². The molecule has 28 heavy (non-hydrogen) atoms. The first-order valence-electron chi connectivity index (χ1n) is 9.91. The zero-order chi connectivity index (χ0) is 18.8. The van der Waals surface area contributed by atoms with Crippen molar-refractivity contribution in [2.75, 3.05) is 0 Å². The van der Waals surface area contributed by atoms with Crippen molar-refractivity contribution in [1.82, 2.24) is 4.57 Å². The SMILES string of the molecule is CC1C=Cc2c(c3cc(-c4cccc5c4sc4ccccc45)ccc3n2C)C1. The van der Waals surface area contributed by atoms with E-state index in [9.17, 15) is 0 Å². The van der Waals surface area contributed by atoms with E-state index in [0.717, 1.165) is 6.42 Å². The van der Waals surface area contributed by atoms with Gasteiger partial charge in [0.2, 0.25) is 0 Å². The van der Waals surface area contributed by atoms with E-state index in [0.29, 0.717) is 5.92 Å². The number of rotatable bonds is 1. The van der Waals surface area contributed by atoms with Crippen LogP contribution in [0.15, 0.2) is 66.7 Å². The second kappa shape index (κ2) is 5.83. The molecule has 1 aliphatic carbocycles. The molecule has 3 aromatic carbocycles. The van der Waals surface area contributed by atoms with Gasteiger partial charge in [0, 0.05) is 43.8 Å². The van der Waals surface area contributed by atoms with Gasteiger partial charge in [-0.1, -0.05) is 55.5 Å². The van der Waals surface area contributed by atoms with Crippen LogP contribution in [0.5, 0.6) is 0 Å². The zero-order valence-electron chi connectivity index (χ0n) is 16.1. The average Bonchev–Trinajstić information content (AvgIpc) is 3.23. The highest BCUT2D eigenvalue weighted by molar-refractivity contribution is 7.26. The molecule has 2 heteroatoms. The Morgan fingerprint density at radius 2 is 1.79 bits per heavy atom. The van der Waals surface area contributed by atoms with E-state index >= 15 is 0 Å². The van der Waals surface area contributed by atoms with E-state index in [-0.39, 0.29) is 0 Å². The van der Waals surface area contributed by atoms with Crippen molar-refractivity contribution in [2.45, 2.75) is 13.3 Å². The molecule has 6 rings (SSSR count). The zero-order valence-corrected chi connectivity index (χ0v) is 16.9. The molecule has 0 N–H and O–H groups in total. The van der Waals surface area contributed by atoms with Gasteiger partial charge in [-0.25, -0.2) is 0 Å². The summed E-state index contributed by atoms with van der Waals surface area (Å²) >= 11 is 1.91. The minimum atomic E-state index is 0.604. The van der Waals surface area contributed by atoms with E-state index in [4.69, 9.17) is 0 Å². The van der Waals surface area contributed by atoms with Crippen LogP contribution in [0.3, 0.4) is 0 Å². The molecule has 2 heterocycles. The van der Waals surface area contributed by atoms with E-state index in [1.165, 1.54) is 53.5 Å². The highest BCUT2D eigenvalue weighted by Crippen LogP contribution is 2.41. The lowest BCUT2D eigenvalue weighted by molar-refractivity contribution is 0.714. The van der Waals surface area contributed by atoms with Gasteiger partial charge < -0.3 is 4.57 Å².